The number of halogens is 1. The fourth-order valence-corrected chi connectivity index (χ4v) is 4.33. The van der Waals surface area contributed by atoms with Gasteiger partial charge in [0.1, 0.15) is 0 Å². The molecule has 1 N–H and O–H groups in total. The molecule has 4 aromatic rings. The third-order valence-electron chi connectivity index (χ3n) is 6.26. The first-order valence-electron chi connectivity index (χ1n) is 11.9. The highest BCUT2D eigenvalue weighted by Gasteiger charge is 2.20. The van der Waals surface area contributed by atoms with Gasteiger partial charge in [0.15, 0.2) is 0 Å². The van der Waals surface area contributed by atoms with Gasteiger partial charge >= 0.3 is 11.7 Å². The molecule has 1 aromatic heterocycles. The average Bonchev–Trinajstić information content (AvgIpc) is 3.10. The molecule has 0 aliphatic carbocycles. The van der Waals surface area contributed by atoms with Gasteiger partial charge in [-0.25, -0.2) is 9.59 Å². The molecule has 5 nitrogen and oxygen atoms in total. The molecule has 0 spiro atoms. The number of hydrogen-bond donors (Lipinski definition) is 1. The SMILES string of the molecule is CCCCc1c(F)n(CCc2ccccc2)c(=O)n1Cc1ccc(-c2ccccc2C(=O)O)cc1. The van der Waals surface area contributed by atoms with Crippen molar-refractivity contribution in [2.75, 3.05) is 0 Å². The predicted molar refractivity (Wildman–Crippen MR) is 135 cm³/mol. The van der Waals surface area contributed by atoms with E-state index in [9.17, 15) is 14.7 Å². The molecule has 0 radical (unpaired) electrons. The second kappa shape index (κ2) is 11.0. The third-order valence-corrected chi connectivity index (χ3v) is 6.26. The van der Waals surface area contributed by atoms with E-state index in [4.69, 9.17) is 0 Å². The Hall–Kier alpha value is -3.93. The number of hydrogen-bond acceptors (Lipinski definition) is 2. The van der Waals surface area contributed by atoms with Gasteiger partial charge in [-0.2, -0.15) is 4.39 Å². The molecule has 0 bridgehead atoms. The van der Waals surface area contributed by atoms with Gasteiger partial charge in [0.2, 0.25) is 5.95 Å². The van der Waals surface area contributed by atoms with Crippen molar-refractivity contribution >= 4 is 5.97 Å². The third kappa shape index (κ3) is 5.43. The molecule has 0 atom stereocenters. The van der Waals surface area contributed by atoms with E-state index < -0.39 is 11.9 Å². The van der Waals surface area contributed by atoms with E-state index in [1.54, 1.807) is 24.3 Å². The molecule has 6 heteroatoms. The van der Waals surface area contributed by atoms with Crippen molar-refractivity contribution in [3.63, 3.8) is 0 Å². The van der Waals surface area contributed by atoms with E-state index in [0.717, 1.165) is 29.5 Å². The fourth-order valence-electron chi connectivity index (χ4n) is 4.33. The first-order chi connectivity index (χ1) is 17.0. The molecule has 3 aromatic carbocycles. The smallest absolute Gasteiger partial charge is 0.336 e. The van der Waals surface area contributed by atoms with E-state index in [0.29, 0.717) is 24.1 Å². The van der Waals surface area contributed by atoms with Gasteiger partial charge in [0.25, 0.3) is 0 Å². The second-order valence-corrected chi connectivity index (χ2v) is 8.64. The van der Waals surface area contributed by atoms with Gasteiger partial charge in [-0.3, -0.25) is 9.13 Å². The molecular weight excluding hydrogens is 443 g/mol. The van der Waals surface area contributed by atoms with Crippen molar-refractivity contribution in [2.45, 2.75) is 45.7 Å². The Bertz CT molecular complexity index is 1360. The van der Waals surface area contributed by atoms with Crippen LogP contribution in [0.2, 0.25) is 0 Å². The van der Waals surface area contributed by atoms with Crippen LogP contribution in [-0.4, -0.2) is 20.2 Å². The van der Waals surface area contributed by atoms with Crippen LogP contribution in [-0.2, 0) is 25.9 Å². The highest BCUT2D eigenvalue weighted by atomic mass is 19.1. The van der Waals surface area contributed by atoms with Crippen molar-refractivity contribution < 1.29 is 14.3 Å². The van der Waals surface area contributed by atoms with Gasteiger partial charge in [0, 0.05) is 6.54 Å². The fraction of sp³-hybridized carbons (Fsp3) is 0.241. The molecule has 0 fully saturated rings. The number of carboxylic acid groups (broad SMARTS) is 1. The molecule has 180 valence electrons. The van der Waals surface area contributed by atoms with E-state index in [1.807, 2.05) is 61.5 Å². The number of aryl methyl sites for hydroxylation is 1. The quantitative estimate of drug-likeness (QED) is 0.318. The summed E-state index contributed by atoms with van der Waals surface area (Å²) in [4.78, 5) is 24.8. The normalized spacial score (nSPS) is 11.0. The Balaban J connectivity index is 1.61. The minimum absolute atomic E-state index is 0.232. The van der Waals surface area contributed by atoms with Gasteiger partial charge in [-0.05, 0) is 47.6 Å². The van der Waals surface area contributed by atoms with Crippen molar-refractivity contribution in [3.05, 3.63) is 118 Å². The van der Waals surface area contributed by atoms with Crippen LogP contribution in [0.1, 0.15) is 46.9 Å². The summed E-state index contributed by atoms with van der Waals surface area (Å²) < 4.78 is 18.2. The van der Waals surface area contributed by atoms with Gasteiger partial charge in [0.05, 0.1) is 17.8 Å². The van der Waals surface area contributed by atoms with E-state index in [2.05, 4.69) is 0 Å². The van der Waals surface area contributed by atoms with Gasteiger partial charge in [-0.1, -0.05) is 86.1 Å². The van der Waals surface area contributed by atoms with E-state index in [-0.39, 0.29) is 24.3 Å². The van der Waals surface area contributed by atoms with Crippen LogP contribution in [0, 0.1) is 5.95 Å². The Kier molecular flexibility index (Phi) is 7.60. The Morgan fingerprint density at radius 2 is 1.54 bits per heavy atom. The average molecular weight is 473 g/mol. The summed E-state index contributed by atoms with van der Waals surface area (Å²) in [7, 11) is 0. The number of imidazole rings is 1. The monoisotopic (exact) mass is 472 g/mol. The summed E-state index contributed by atoms with van der Waals surface area (Å²) in [6.07, 6.45) is 2.77. The molecule has 0 amide bonds. The standard InChI is InChI=1S/C29H29FN2O3/c1-2-3-13-26-27(30)31(19-18-21-9-5-4-6-10-21)29(35)32(26)20-22-14-16-23(17-15-22)24-11-7-8-12-25(24)28(33)34/h4-12,14-17H,2-3,13,18-20H2,1H3,(H,33,34). The number of rotatable bonds is 10. The van der Waals surface area contributed by atoms with Crippen molar-refractivity contribution in [2.24, 2.45) is 0 Å². The van der Waals surface area contributed by atoms with Crippen LogP contribution < -0.4 is 5.69 Å². The number of unbranched alkanes of at least 4 members (excludes halogenated alkanes) is 1. The van der Waals surface area contributed by atoms with Gasteiger partial charge in [-0.15, -0.1) is 0 Å². The lowest BCUT2D eigenvalue weighted by atomic mass is 9.99. The zero-order valence-corrected chi connectivity index (χ0v) is 19.8. The zero-order valence-electron chi connectivity index (χ0n) is 19.8. The molecule has 0 saturated heterocycles. The zero-order chi connectivity index (χ0) is 24.8. The maximum atomic E-state index is 15.4. The first kappa shape index (κ1) is 24.2. The topological polar surface area (TPSA) is 64.2 Å². The Labute approximate surface area is 204 Å². The number of aromatic nitrogens is 2. The summed E-state index contributed by atoms with van der Waals surface area (Å²) in [5.74, 6) is -1.43. The number of carbonyl (C=O) groups is 1. The van der Waals surface area contributed by atoms with Gasteiger partial charge < -0.3 is 5.11 Å². The lowest BCUT2D eigenvalue weighted by molar-refractivity contribution is 0.0697. The number of aromatic carboxylic acids is 1. The summed E-state index contributed by atoms with van der Waals surface area (Å²) in [6, 6.07) is 24.0. The number of carboxylic acids is 1. The lowest BCUT2D eigenvalue weighted by Gasteiger charge is -2.09. The lowest BCUT2D eigenvalue weighted by Crippen LogP contribution is -2.26. The van der Waals surface area contributed by atoms with Crippen LogP contribution in [0.15, 0.2) is 83.7 Å². The van der Waals surface area contributed by atoms with Crippen molar-refractivity contribution in [1.82, 2.24) is 9.13 Å². The molecule has 4 rings (SSSR count). The minimum Gasteiger partial charge on any atom is -0.478 e. The Morgan fingerprint density at radius 1 is 0.857 bits per heavy atom. The molecule has 0 aliphatic rings. The minimum atomic E-state index is -0.982. The van der Waals surface area contributed by atoms with Crippen molar-refractivity contribution in [1.29, 1.82) is 0 Å². The van der Waals surface area contributed by atoms with E-state index in [1.165, 1.54) is 9.13 Å². The summed E-state index contributed by atoms with van der Waals surface area (Å²) in [5.41, 5.74) is 3.63. The second-order valence-electron chi connectivity index (χ2n) is 8.64. The van der Waals surface area contributed by atoms with Crippen LogP contribution in [0.4, 0.5) is 4.39 Å². The van der Waals surface area contributed by atoms with Crippen LogP contribution in [0.3, 0.4) is 0 Å². The van der Waals surface area contributed by atoms with E-state index >= 15 is 4.39 Å². The largest absolute Gasteiger partial charge is 0.478 e. The molecule has 0 unspecified atom stereocenters. The predicted octanol–water partition coefficient (Wildman–Crippen LogP) is 5.79. The maximum absolute atomic E-state index is 15.4. The first-order valence-corrected chi connectivity index (χ1v) is 11.9. The molecular formula is C29H29FN2O3. The molecule has 35 heavy (non-hydrogen) atoms. The number of nitrogens with zero attached hydrogens (tertiary/aromatic N) is 2. The maximum Gasteiger partial charge on any atom is 0.336 e. The van der Waals surface area contributed by atoms with Crippen molar-refractivity contribution in [3.8, 4) is 11.1 Å². The van der Waals surface area contributed by atoms with Crippen LogP contribution in [0.5, 0.6) is 0 Å². The molecule has 0 aliphatic heterocycles. The highest BCUT2D eigenvalue weighted by Crippen LogP contribution is 2.24. The summed E-state index contributed by atoms with van der Waals surface area (Å²) in [5, 5.41) is 9.48. The number of benzene rings is 3. The highest BCUT2D eigenvalue weighted by molar-refractivity contribution is 5.95. The Morgan fingerprint density at radius 3 is 2.23 bits per heavy atom. The molecule has 1 heterocycles. The van der Waals surface area contributed by atoms with Crippen LogP contribution >= 0.6 is 0 Å². The summed E-state index contributed by atoms with van der Waals surface area (Å²) >= 11 is 0. The molecule has 0 saturated carbocycles. The van der Waals surface area contributed by atoms with Crippen LogP contribution in [0.25, 0.3) is 11.1 Å². The summed E-state index contributed by atoms with van der Waals surface area (Å²) in [6.45, 7) is 2.58.